The van der Waals surface area contributed by atoms with Crippen molar-refractivity contribution in [2.24, 2.45) is 4.99 Å². The molecule has 6 nitrogen and oxygen atoms in total. The molecule has 0 fully saturated rings. The van der Waals surface area contributed by atoms with Crippen molar-refractivity contribution in [1.29, 1.82) is 0 Å². The number of aryl methyl sites for hydroxylation is 1. The minimum absolute atomic E-state index is 0. The first-order chi connectivity index (χ1) is 12.0. The maximum Gasteiger partial charge on any atom is 0.242 e. The summed E-state index contributed by atoms with van der Waals surface area (Å²) in [7, 11) is 1.88. The molecule has 0 aliphatic rings. The molecule has 0 spiro atoms. The van der Waals surface area contributed by atoms with Crippen molar-refractivity contribution in [3.8, 4) is 5.75 Å². The van der Waals surface area contributed by atoms with Gasteiger partial charge in [0.15, 0.2) is 5.96 Å². The summed E-state index contributed by atoms with van der Waals surface area (Å²) in [6.07, 6.45) is 0. The summed E-state index contributed by atoms with van der Waals surface area (Å²) >= 11 is 0. The largest absolute Gasteiger partial charge is 0.492 e. The third-order valence-electron chi connectivity index (χ3n) is 3.83. The van der Waals surface area contributed by atoms with Crippen molar-refractivity contribution in [1.82, 2.24) is 15.1 Å². The number of hydrogen-bond acceptors (Lipinski definition) is 3. The van der Waals surface area contributed by atoms with E-state index in [9.17, 15) is 4.79 Å². The number of carbonyl (C=O) groups excluding carboxylic acids is 1. The van der Waals surface area contributed by atoms with Crippen LogP contribution in [-0.4, -0.2) is 68.0 Å². The van der Waals surface area contributed by atoms with Crippen LogP contribution in [-0.2, 0) is 4.79 Å². The van der Waals surface area contributed by atoms with Crippen LogP contribution in [0.2, 0.25) is 0 Å². The van der Waals surface area contributed by atoms with Crippen LogP contribution in [0.1, 0.15) is 26.3 Å². The van der Waals surface area contributed by atoms with Gasteiger partial charge in [0.25, 0.3) is 0 Å². The molecule has 1 amide bonds. The fraction of sp³-hybridized carbons (Fsp3) is 0.579. The minimum atomic E-state index is 0. The van der Waals surface area contributed by atoms with Crippen LogP contribution in [0.15, 0.2) is 29.3 Å². The fourth-order valence-corrected chi connectivity index (χ4v) is 2.37. The molecule has 1 aromatic carbocycles. The first-order valence-corrected chi connectivity index (χ1v) is 8.98. The van der Waals surface area contributed by atoms with Gasteiger partial charge in [-0.3, -0.25) is 4.79 Å². The fourth-order valence-electron chi connectivity index (χ4n) is 2.37. The van der Waals surface area contributed by atoms with Crippen LogP contribution in [0, 0.1) is 6.92 Å². The molecule has 0 aliphatic carbocycles. The SMILES string of the molecule is CCNC(=NCCOc1ccc(C)cc1)N(C)CC(=O)N(CC)CC.I. The normalized spacial score (nSPS) is 10.7. The number of nitrogens with zero attached hydrogens (tertiary/aromatic N) is 3. The van der Waals surface area contributed by atoms with Gasteiger partial charge in [-0.1, -0.05) is 17.7 Å². The Kier molecular flexibility index (Phi) is 12.9. The van der Waals surface area contributed by atoms with Crippen molar-refractivity contribution in [3.63, 3.8) is 0 Å². The summed E-state index contributed by atoms with van der Waals surface area (Å²) in [6.45, 7) is 11.6. The zero-order valence-electron chi connectivity index (χ0n) is 16.6. The molecule has 0 unspecified atom stereocenters. The highest BCUT2D eigenvalue weighted by molar-refractivity contribution is 14.0. The zero-order valence-corrected chi connectivity index (χ0v) is 18.9. The quantitative estimate of drug-likeness (QED) is 0.258. The van der Waals surface area contributed by atoms with Gasteiger partial charge in [0.1, 0.15) is 12.4 Å². The van der Waals surface area contributed by atoms with Crippen LogP contribution in [0.3, 0.4) is 0 Å². The number of ether oxygens (including phenoxy) is 1. The lowest BCUT2D eigenvalue weighted by molar-refractivity contribution is -0.131. The van der Waals surface area contributed by atoms with Gasteiger partial charge in [-0.25, -0.2) is 4.99 Å². The van der Waals surface area contributed by atoms with E-state index in [1.165, 1.54) is 5.56 Å². The molecule has 0 aromatic heterocycles. The van der Waals surface area contributed by atoms with Crippen molar-refractivity contribution in [2.45, 2.75) is 27.7 Å². The van der Waals surface area contributed by atoms with E-state index < -0.39 is 0 Å². The van der Waals surface area contributed by atoms with Gasteiger partial charge in [-0.2, -0.15) is 0 Å². The Bertz CT molecular complexity index is 545. The summed E-state index contributed by atoms with van der Waals surface area (Å²) in [5.74, 6) is 1.67. The Morgan fingerprint density at radius 1 is 1.15 bits per heavy atom. The van der Waals surface area contributed by atoms with Gasteiger partial charge >= 0.3 is 0 Å². The van der Waals surface area contributed by atoms with E-state index in [1.807, 2.05) is 68.8 Å². The molecular weight excluding hydrogens is 443 g/mol. The number of hydrogen-bond donors (Lipinski definition) is 1. The lowest BCUT2D eigenvalue weighted by atomic mass is 10.2. The van der Waals surface area contributed by atoms with Crippen LogP contribution in [0.4, 0.5) is 0 Å². The Morgan fingerprint density at radius 3 is 2.31 bits per heavy atom. The highest BCUT2D eigenvalue weighted by atomic mass is 127. The summed E-state index contributed by atoms with van der Waals surface area (Å²) in [6, 6.07) is 7.96. The molecule has 26 heavy (non-hydrogen) atoms. The van der Waals surface area contributed by atoms with E-state index >= 15 is 0 Å². The molecule has 0 heterocycles. The molecule has 0 saturated carbocycles. The van der Waals surface area contributed by atoms with E-state index in [0.717, 1.165) is 31.3 Å². The number of nitrogens with one attached hydrogen (secondary N) is 1. The second-order valence-corrected chi connectivity index (χ2v) is 5.82. The molecule has 0 radical (unpaired) electrons. The number of amides is 1. The second kappa shape index (κ2) is 13.7. The predicted octanol–water partition coefficient (Wildman–Crippen LogP) is 2.76. The summed E-state index contributed by atoms with van der Waals surface area (Å²) in [5, 5.41) is 3.22. The highest BCUT2D eigenvalue weighted by Crippen LogP contribution is 2.10. The van der Waals surface area contributed by atoms with E-state index in [0.29, 0.717) is 19.7 Å². The molecular formula is C19H33IN4O2. The molecule has 1 rings (SSSR count). The van der Waals surface area contributed by atoms with Gasteiger partial charge < -0.3 is 19.9 Å². The average molecular weight is 476 g/mol. The first-order valence-electron chi connectivity index (χ1n) is 8.98. The molecule has 0 aliphatic heterocycles. The molecule has 1 N–H and O–H groups in total. The van der Waals surface area contributed by atoms with Crippen LogP contribution >= 0.6 is 24.0 Å². The molecule has 148 valence electrons. The lowest BCUT2D eigenvalue weighted by Gasteiger charge is -2.25. The molecule has 0 bridgehead atoms. The Labute approximate surface area is 175 Å². The van der Waals surface area contributed by atoms with Crippen LogP contribution < -0.4 is 10.1 Å². The monoisotopic (exact) mass is 476 g/mol. The van der Waals surface area contributed by atoms with E-state index in [-0.39, 0.29) is 29.9 Å². The number of rotatable bonds is 9. The first kappa shape index (κ1) is 24.5. The van der Waals surface area contributed by atoms with Crippen LogP contribution in [0.25, 0.3) is 0 Å². The maximum absolute atomic E-state index is 12.2. The van der Waals surface area contributed by atoms with Crippen molar-refractivity contribution in [3.05, 3.63) is 29.8 Å². The minimum Gasteiger partial charge on any atom is -0.492 e. The number of benzene rings is 1. The number of likely N-dealkylation sites (N-methyl/N-ethyl adjacent to an activating group) is 2. The van der Waals surface area contributed by atoms with Gasteiger partial charge in [-0.05, 0) is 39.8 Å². The lowest BCUT2D eigenvalue weighted by Crippen LogP contribution is -2.45. The van der Waals surface area contributed by atoms with Gasteiger partial charge in [-0.15, -0.1) is 24.0 Å². The number of aliphatic imine (C=N–C) groups is 1. The Morgan fingerprint density at radius 2 is 1.77 bits per heavy atom. The third kappa shape index (κ3) is 8.73. The van der Waals surface area contributed by atoms with Crippen LogP contribution in [0.5, 0.6) is 5.75 Å². The predicted molar refractivity (Wildman–Crippen MR) is 119 cm³/mol. The van der Waals surface area contributed by atoms with Crippen molar-refractivity contribution in [2.75, 3.05) is 46.4 Å². The summed E-state index contributed by atoms with van der Waals surface area (Å²) in [5.41, 5.74) is 1.21. The number of guanidine groups is 1. The third-order valence-corrected chi connectivity index (χ3v) is 3.83. The Hall–Kier alpha value is -1.51. The van der Waals surface area contributed by atoms with E-state index in [4.69, 9.17) is 4.74 Å². The summed E-state index contributed by atoms with van der Waals surface area (Å²) in [4.78, 5) is 20.5. The van der Waals surface area contributed by atoms with Gasteiger partial charge in [0.2, 0.25) is 5.91 Å². The van der Waals surface area contributed by atoms with Crippen molar-refractivity contribution < 1.29 is 9.53 Å². The molecule has 1 aromatic rings. The maximum atomic E-state index is 12.2. The van der Waals surface area contributed by atoms with Gasteiger partial charge in [0.05, 0.1) is 13.1 Å². The number of carbonyl (C=O) groups is 1. The number of halogens is 1. The molecule has 0 atom stereocenters. The molecule has 0 saturated heterocycles. The highest BCUT2D eigenvalue weighted by Gasteiger charge is 2.14. The zero-order chi connectivity index (χ0) is 18.7. The summed E-state index contributed by atoms with van der Waals surface area (Å²) < 4.78 is 5.69. The average Bonchev–Trinajstić information content (AvgIpc) is 2.60. The van der Waals surface area contributed by atoms with E-state index in [1.54, 1.807) is 0 Å². The molecule has 7 heteroatoms. The smallest absolute Gasteiger partial charge is 0.242 e. The standard InChI is InChI=1S/C19H32N4O2.HI/c1-6-20-19(22(5)15-18(24)23(7-2)8-3)21-13-14-25-17-11-9-16(4)10-12-17;/h9-12H,6-8,13-15H2,1-5H3,(H,20,21);1H. The van der Waals surface area contributed by atoms with Gasteiger partial charge in [0, 0.05) is 26.7 Å². The van der Waals surface area contributed by atoms with Crippen molar-refractivity contribution >= 4 is 35.8 Å². The Balaban J connectivity index is 0.00000625. The van der Waals surface area contributed by atoms with E-state index in [2.05, 4.69) is 10.3 Å². The topological polar surface area (TPSA) is 57.2 Å². The second-order valence-electron chi connectivity index (χ2n) is 5.82.